The molecule has 27 heavy (non-hydrogen) atoms. The van der Waals surface area contributed by atoms with Gasteiger partial charge < -0.3 is 10.1 Å². The highest BCUT2D eigenvalue weighted by molar-refractivity contribution is 6.12. The zero-order chi connectivity index (χ0) is 20.2. The summed E-state index contributed by atoms with van der Waals surface area (Å²) in [6.07, 6.45) is -5.59. The molecular weight excluding hydrogens is 370 g/mol. The third-order valence-electron chi connectivity index (χ3n) is 4.57. The van der Waals surface area contributed by atoms with Crippen molar-refractivity contribution in [1.29, 1.82) is 0 Å². The maximum Gasteiger partial charge on any atom is 0.427 e. The van der Waals surface area contributed by atoms with Crippen LogP contribution in [0, 0.1) is 11.2 Å². The lowest BCUT2D eigenvalue weighted by atomic mass is 9.72. The van der Waals surface area contributed by atoms with E-state index in [1.807, 2.05) is 0 Å². The minimum atomic E-state index is -5.31. The van der Waals surface area contributed by atoms with Crippen LogP contribution in [0.15, 0.2) is 35.6 Å². The molecule has 1 amide bonds. The fourth-order valence-corrected chi connectivity index (χ4v) is 3.35. The molecule has 0 unspecified atom stereocenters. The molecule has 144 valence electrons. The third kappa shape index (κ3) is 3.00. The summed E-state index contributed by atoms with van der Waals surface area (Å²) >= 11 is 0. The molecule has 0 aromatic heterocycles. The average Bonchev–Trinajstić information content (AvgIpc) is 2.79. The number of esters is 1. The lowest BCUT2D eigenvalue weighted by molar-refractivity contribution is -0.195. The molecule has 9 heteroatoms. The second kappa shape index (κ2) is 5.90. The number of carbonyl (C=O) groups excluding carboxylic acids is 3. The lowest BCUT2D eigenvalue weighted by Crippen LogP contribution is -2.64. The number of alkyl halides is 3. The molecule has 1 aliphatic carbocycles. The molecule has 5 nitrogen and oxygen atoms in total. The van der Waals surface area contributed by atoms with Crippen molar-refractivity contribution in [2.45, 2.75) is 38.4 Å². The summed E-state index contributed by atoms with van der Waals surface area (Å²) < 4.78 is 59.7. The summed E-state index contributed by atoms with van der Waals surface area (Å²) in [6, 6.07) is 3.72. The van der Waals surface area contributed by atoms with Crippen LogP contribution in [-0.4, -0.2) is 29.4 Å². The number of amides is 1. The maximum absolute atomic E-state index is 14.0. The highest BCUT2D eigenvalue weighted by atomic mass is 19.4. The van der Waals surface area contributed by atoms with Crippen LogP contribution in [0.1, 0.15) is 37.0 Å². The molecular formula is C18H15F4NO4. The Morgan fingerprint density at radius 2 is 1.70 bits per heavy atom. The van der Waals surface area contributed by atoms with Crippen LogP contribution in [-0.2, 0) is 14.3 Å². The highest BCUT2D eigenvalue weighted by Crippen LogP contribution is 2.50. The molecule has 1 heterocycles. The van der Waals surface area contributed by atoms with E-state index in [0.717, 1.165) is 24.3 Å². The first kappa shape index (κ1) is 19.1. The van der Waals surface area contributed by atoms with E-state index >= 15 is 0 Å². The molecule has 1 atom stereocenters. The van der Waals surface area contributed by atoms with Crippen LogP contribution in [0.2, 0.25) is 0 Å². The van der Waals surface area contributed by atoms with E-state index in [4.69, 9.17) is 4.74 Å². The predicted octanol–water partition coefficient (Wildman–Crippen LogP) is 3.06. The number of ether oxygens (including phenoxy) is 1. The lowest BCUT2D eigenvalue weighted by Gasteiger charge is -2.34. The normalized spacial score (nSPS) is 24.5. The summed E-state index contributed by atoms with van der Waals surface area (Å²) in [4.78, 5) is 37.1. The number of ketones is 1. The van der Waals surface area contributed by atoms with Gasteiger partial charge in [0, 0.05) is 18.4 Å². The van der Waals surface area contributed by atoms with Crippen molar-refractivity contribution < 1.29 is 36.7 Å². The molecule has 0 saturated heterocycles. The number of rotatable bonds is 2. The van der Waals surface area contributed by atoms with Crippen molar-refractivity contribution >= 4 is 17.7 Å². The van der Waals surface area contributed by atoms with E-state index < -0.39 is 46.2 Å². The minimum Gasteiger partial charge on any atom is -0.428 e. The largest absolute Gasteiger partial charge is 0.428 e. The van der Waals surface area contributed by atoms with Gasteiger partial charge in [0.2, 0.25) is 0 Å². The monoisotopic (exact) mass is 385 g/mol. The Kier molecular flexibility index (Phi) is 4.16. The van der Waals surface area contributed by atoms with Gasteiger partial charge in [0.05, 0.1) is 5.57 Å². The van der Waals surface area contributed by atoms with Gasteiger partial charge in [-0.15, -0.1) is 0 Å². The zero-order valence-corrected chi connectivity index (χ0v) is 14.4. The molecule has 0 radical (unpaired) electrons. The fraction of sp³-hybridized carbons (Fsp3) is 0.389. The molecule has 1 N–H and O–H groups in total. The summed E-state index contributed by atoms with van der Waals surface area (Å²) in [7, 11) is 0. The number of carbonyl (C=O) groups is 3. The van der Waals surface area contributed by atoms with Gasteiger partial charge in [0.25, 0.3) is 11.4 Å². The van der Waals surface area contributed by atoms with E-state index in [2.05, 4.69) is 0 Å². The first-order chi connectivity index (χ1) is 12.4. The van der Waals surface area contributed by atoms with Gasteiger partial charge in [0.1, 0.15) is 11.6 Å². The number of nitrogens with one attached hydrogen (secondary N) is 1. The molecule has 0 fully saturated rings. The Balaban J connectivity index is 2.09. The summed E-state index contributed by atoms with van der Waals surface area (Å²) in [5, 5.41) is 1.64. The Hall–Kier alpha value is -2.71. The molecule has 0 spiro atoms. The summed E-state index contributed by atoms with van der Waals surface area (Å²) in [6.45, 7) is 3.32. The smallest absolute Gasteiger partial charge is 0.427 e. The van der Waals surface area contributed by atoms with Crippen molar-refractivity contribution in [2.24, 2.45) is 5.41 Å². The molecule has 2 aliphatic rings. The second-order valence-corrected chi connectivity index (χ2v) is 7.34. The van der Waals surface area contributed by atoms with Gasteiger partial charge in [-0.1, -0.05) is 13.8 Å². The first-order valence-electron chi connectivity index (χ1n) is 8.01. The molecule has 3 rings (SSSR count). The molecule has 1 aliphatic heterocycles. The van der Waals surface area contributed by atoms with Crippen LogP contribution in [0.4, 0.5) is 17.6 Å². The van der Waals surface area contributed by atoms with Crippen molar-refractivity contribution in [3.63, 3.8) is 0 Å². The van der Waals surface area contributed by atoms with Crippen molar-refractivity contribution in [1.82, 2.24) is 5.32 Å². The van der Waals surface area contributed by atoms with E-state index in [9.17, 15) is 31.9 Å². The second-order valence-electron chi connectivity index (χ2n) is 7.34. The van der Waals surface area contributed by atoms with Gasteiger partial charge in [-0.3, -0.25) is 9.59 Å². The van der Waals surface area contributed by atoms with Gasteiger partial charge in [-0.25, -0.2) is 9.18 Å². The number of hydrogen-bond donors (Lipinski definition) is 1. The van der Waals surface area contributed by atoms with E-state index in [0.29, 0.717) is 0 Å². The number of halogens is 4. The van der Waals surface area contributed by atoms with Crippen LogP contribution in [0.25, 0.3) is 0 Å². The Morgan fingerprint density at radius 3 is 2.26 bits per heavy atom. The zero-order valence-electron chi connectivity index (χ0n) is 14.4. The fourth-order valence-electron chi connectivity index (χ4n) is 3.35. The molecule has 0 saturated carbocycles. The van der Waals surface area contributed by atoms with Crippen LogP contribution in [0.3, 0.4) is 0 Å². The van der Waals surface area contributed by atoms with Crippen LogP contribution >= 0.6 is 0 Å². The Morgan fingerprint density at radius 1 is 1.11 bits per heavy atom. The van der Waals surface area contributed by atoms with Crippen molar-refractivity contribution in [3.05, 3.63) is 47.0 Å². The molecule has 0 bridgehead atoms. The van der Waals surface area contributed by atoms with Gasteiger partial charge in [-0.05, 0) is 29.7 Å². The maximum atomic E-state index is 14.0. The number of Topliss-reactive ketones (excluding diaryl/α,β-unsaturated/α-hetero) is 1. The van der Waals surface area contributed by atoms with Crippen LogP contribution < -0.4 is 5.32 Å². The SMILES string of the molecule is CC1(C)CC(=O)C2=C(C1)OC(=O)[C@@]2(NC(=O)c1ccc(F)cc1)C(F)(F)F. The Labute approximate surface area is 151 Å². The van der Waals surface area contributed by atoms with E-state index in [1.165, 1.54) is 0 Å². The van der Waals surface area contributed by atoms with Gasteiger partial charge >= 0.3 is 12.1 Å². The first-order valence-corrected chi connectivity index (χ1v) is 8.01. The van der Waals surface area contributed by atoms with E-state index in [-0.39, 0.29) is 24.2 Å². The number of benzene rings is 1. The Bertz CT molecular complexity index is 870. The van der Waals surface area contributed by atoms with E-state index in [1.54, 1.807) is 19.2 Å². The number of allylic oxidation sites excluding steroid dienone is 1. The van der Waals surface area contributed by atoms with Crippen molar-refractivity contribution in [3.8, 4) is 0 Å². The van der Waals surface area contributed by atoms with Gasteiger partial charge in [-0.2, -0.15) is 13.2 Å². The predicted molar refractivity (Wildman–Crippen MR) is 83.8 cm³/mol. The molecule has 1 aromatic carbocycles. The third-order valence-corrected chi connectivity index (χ3v) is 4.57. The minimum absolute atomic E-state index is 0.0515. The summed E-state index contributed by atoms with van der Waals surface area (Å²) in [5.74, 6) is -5.04. The van der Waals surface area contributed by atoms with Crippen LogP contribution in [0.5, 0.6) is 0 Å². The standard InChI is InChI=1S/C18H15F4NO4/c1-16(2)7-11(24)13-12(8-16)27-15(26)17(13,18(20,21)22)23-14(25)9-3-5-10(19)6-4-9/h3-6H,7-8H2,1-2H3,(H,23,25)/t17-/m1/s1. The molecule has 1 aromatic rings. The summed E-state index contributed by atoms with van der Waals surface area (Å²) in [5.41, 5.74) is -5.44. The van der Waals surface area contributed by atoms with Gasteiger partial charge in [0.15, 0.2) is 5.78 Å². The number of hydrogen-bond acceptors (Lipinski definition) is 4. The van der Waals surface area contributed by atoms with Crippen molar-refractivity contribution in [2.75, 3.05) is 0 Å². The topological polar surface area (TPSA) is 72.5 Å². The highest BCUT2D eigenvalue weighted by Gasteiger charge is 2.71. The quantitative estimate of drug-likeness (QED) is 0.627. The average molecular weight is 385 g/mol.